The third kappa shape index (κ3) is 6.49. The summed E-state index contributed by atoms with van der Waals surface area (Å²) in [7, 11) is 1.73. The van der Waals surface area contributed by atoms with Crippen LogP contribution in [0.15, 0.2) is 0 Å². The van der Waals surface area contributed by atoms with Gasteiger partial charge in [0.05, 0.1) is 11.7 Å². The van der Waals surface area contributed by atoms with E-state index in [1.165, 1.54) is 0 Å². The van der Waals surface area contributed by atoms with E-state index in [0.717, 1.165) is 19.3 Å². The quantitative estimate of drug-likeness (QED) is 0.755. The maximum Gasteiger partial charge on any atom is 0.0623 e. The highest BCUT2D eigenvalue weighted by Gasteiger charge is 2.24. The summed E-state index contributed by atoms with van der Waals surface area (Å²) in [6, 6.07) is 0. The van der Waals surface area contributed by atoms with E-state index in [-0.39, 0.29) is 17.1 Å². The van der Waals surface area contributed by atoms with Crippen LogP contribution in [0, 0.1) is 11.3 Å². The number of hydrogen-bond donors (Lipinski definition) is 1. The second-order valence-corrected chi connectivity index (χ2v) is 6.66. The van der Waals surface area contributed by atoms with Crippen molar-refractivity contribution in [2.75, 3.05) is 7.11 Å². The molecule has 98 valence electrons. The Kier molecular flexibility index (Phi) is 5.99. The second kappa shape index (κ2) is 6.02. The molecule has 0 aromatic rings. The molecule has 0 spiro atoms. The topological polar surface area (TPSA) is 29.5 Å². The fraction of sp³-hybridized carbons (Fsp3) is 1.00. The first-order valence-corrected chi connectivity index (χ1v) is 6.31. The van der Waals surface area contributed by atoms with Crippen molar-refractivity contribution in [2.45, 2.75) is 72.5 Å². The minimum atomic E-state index is -0.205. The van der Waals surface area contributed by atoms with Gasteiger partial charge >= 0.3 is 0 Å². The molecular formula is C14H30O2. The summed E-state index contributed by atoms with van der Waals surface area (Å²) in [5, 5.41) is 9.99. The number of hydrogen-bond acceptors (Lipinski definition) is 2. The van der Waals surface area contributed by atoms with Crippen molar-refractivity contribution in [3.05, 3.63) is 0 Å². The first-order valence-electron chi connectivity index (χ1n) is 6.31. The minimum absolute atomic E-state index is 0.119. The lowest BCUT2D eigenvalue weighted by molar-refractivity contribution is -0.00109. The van der Waals surface area contributed by atoms with Crippen molar-refractivity contribution in [1.29, 1.82) is 0 Å². The lowest BCUT2D eigenvalue weighted by Crippen LogP contribution is -2.27. The predicted molar refractivity (Wildman–Crippen MR) is 69.6 cm³/mol. The average Bonchev–Trinajstić information content (AvgIpc) is 2.13. The number of ether oxygens (including phenoxy) is 1. The zero-order valence-corrected chi connectivity index (χ0v) is 12.1. The molecule has 0 saturated carbocycles. The van der Waals surface area contributed by atoms with Crippen LogP contribution < -0.4 is 0 Å². The van der Waals surface area contributed by atoms with E-state index in [1.807, 2.05) is 0 Å². The van der Waals surface area contributed by atoms with Crippen LogP contribution in [0.2, 0.25) is 0 Å². The Morgan fingerprint density at radius 3 is 2.00 bits per heavy atom. The Morgan fingerprint density at radius 2 is 1.62 bits per heavy atom. The molecule has 0 aliphatic rings. The largest absolute Gasteiger partial charge is 0.393 e. The van der Waals surface area contributed by atoms with Crippen molar-refractivity contribution in [2.24, 2.45) is 11.3 Å². The highest BCUT2D eigenvalue weighted by atomic mass is 16.5. The molecule has 1 N–H and O–H groups in total. The van der Waals surface area contributed by atoms with Gasteiger partial charge in [-0.2, -0.15) is 0 Å². The molecule has 0 heterocycles. The first kappa shape index (κ1) is 15.9. The molecule has 0 aromatic heterocycles. The normalized spacial score (nSPS) is 17.2. The van der Waals surface area contributed by atoms with Crippen LogP contribution in [0.4, 0.5) is 0 Å². The number of rotatable bonds is 6. The van der Waals surface area contributed by atoms with E-state index in [9.17, 15) is 5.11 Å². The zero-order valence-electron chi connectivity index (χ0n) is 12.1. The maximum absolute atomic E-state index is 9.99. The fourth-order valence-electron chi connectivity index (χ4n) is 1.50. The van der Waals surface area contributed by atoms with E-state index in [1.54, 1.807) is 7.11 Å². The standard InChI is InChI=1S/C14H30O2/c1-11(13(2,3)4)10-12(15)8-9-14(5,6)16-7/h11-12,15H,8-10H2,1-7H3. The highest BCUT2D eigenvalue weighted by molar-refractivity contribution is 4.75. The van der Waals surface area contributed by atoms with Crippen LogP contribution in [-0.4, -0.2) is 23.9 Å². The molecule has 0 fully saturated rings. The average molecular weight is 230 g/mol. The van der Waals surface area contributed by atoms with Gasteiger partial charge in [0, 0.05) is 7.11 Å². The van der Waals surface area contributed by atoms with Crippen molar-refractivity contribution >= 4 is 0 Å². The van der Waals surface area contributed by atoms with Crippen molar-refractivity contribution in [1.82, 2.24) is 0 Å². The van der Waals surface area contributed by atoms with Crippen molar-refractivity contribution in [3.8, 4) is 0 Å². The summed E-state index contributed by atoms with van der Waals surface area (Å²) in [5.74, 6) is 0.535. The van der Waals surface area contributed by atoms with Crippen LogP contribution in [0.5, 0.6) is 0 Å². The van der Waals surface area contributed by atoms with E-state index >= 15 is 0 Å². The van der Waals surface area contributed by atoms with Gasteiger partial charge in [0.25, 0.3) is 0 Å². The van der Waals surface area contributed by atoms with Crippen LogP contribution in [0.1, 0.15) is 60.8 Å². The molecule has 2 nitrogen and oxygen atoms in total. The third-order valence-electron chi connectivity index (χ3n) is 3.74. The SMILES string of the molecule is COC(C)(C)CCC(O)CC(C)C(C)(C)C. The molecular weight excluding hydrogens is 200 g/mol. The van der Waals surface area contributed by atoms with Gasteiger partial charge in [0.15, 0.2) is 0 Å². The van der Waals surface area contributed by atoms with E-state index in [2.05, 4.69) is 41.5 Å². The molecule has 0 rings (SSSR count). The van der Waals surface area contributed by atoms with E-state index in [0.29, 0.717) is 5.92 Å². The van der Waals surface area contributed by atoms with Gasteiger partial charge in [-0.15, -0.1) is 0 Å². The van der Waals surface area contributed by atoms with Gasteiger partial charge in [-0.3, -0.25) is 0 Å². The Balaban J connectivity index is 3.96. The minimum Gasteiger partial charge on any atom is -0.393 e. The fourth-order valence-corrected chi connectivity index (χ4v) is 1.50. The monoisotopic (exact) mass is 230 g/mol. The van der Waals surface area contributed by atoms with Gasteiger partial charge in [-0.25, -0.2) is 0 Å². The molecule has 0 bridgehead atoms. The number of methoxy groups -OCH3 is 1. The number of aliphatic hydroxyl groups excluding tert-OH is 1. The summed E-state index contributed by atoms with van der Waals surface area (Å²) in [6.45, 7) is 13.0. The zero-order chi connectivity index (χ0) is 13.0. The Morgan fingerprint density at radius 1 is 1.12 bits per heavy atom. The molecule has 0 amide bonds. The van der Waals surface area contributed by atoms with Gasteiger partial charge in [-0.1, -0.05) is 27.7 Å². The molecule has 0 aliphatic heterocycles. The molecule has 0 aromatic carbocycles. The molecule has 2 atom stereocenters. The Bertz CT molecular complexity index is 191. The van der Waals surface area contributed by atoms with Gasteiger partial charge < -0.3 is 9.84 Å². The Labute approximate surface area is 101 Å². The van der Waals surface area contributed by atoms with Crippen molar-refractivity contribution < 1.29 is 9.84 Å². The molecule has 0 saturated heterocycles. The molecule has 16 heavy (non-hydrogen) atoms. The van der Waals surface area contributed by atoms with Crippen LogP contribution in [0.25, 0.3) is 0 Å². The number of aliphatic hydroxyl groups is 1. The second-order valence-electron chi connectivity index (χ2n) is 6.66. The van der Waals surface area contributed by atoms with Crippen LogP contribution in [-0.2, 0) is 4.74 Å². The summed E-state index contributed by atoms with van der Waals surface area (Å²) in [6.07, 6.45) is 2.40. The highest BCUT2D eigenvalue weighted by Crippen LogP contribution is 2.30. The van der Waals surface area contributed by atoms with Crippen LogP contribution in [0.3, 0.4) is 0 Å². The molecule has 0 aliphatic carbocycles. The van der Waals surface area contributed by atoms with Gasteiger partial charge in [0.1, 0.15) is 0 Å². The van der Waals surface area contributed by atoms with E-state index in [4.69, 9.17) is 4.74 Å². The smallest absolute Gasteiger partial charge is 0.0623 e. The third-order valence-corrected chi connectivity index (χ3v) is 3.74. The molecule has 0 radical (unpaired) electrons. The van der Waals surface area contributed by atoms with Crippen molar-refractivity contribution in [3.63, 3.8) is 0 Å². The summed E-state index contributed by atoms with van der Waals surface area (Å²) < 4.78 is 5.35. The van der Waals surface area contributed by atoms with Gasteiger partial charge in [-0.05, 0) is 44.4 Å². The first-order chi connectivity index (χ1) is 7.08. The lowest BCUT2D eigenvalue weighted by Gasteiger charge is -2.30. The van der Waals surface area contributed by atoms with Gasteiger partial charge in [0.2, 0.25) is 0 Å². The summed E-state index contributed by atoms with van der Waals surface area (Å²) >= 11 is 0. The maximum atomic E-state index is 9.99. The Hall–Kier alpha value is -0.0800. The summed E-state index contributed by atoms with van der Waals surface area (Å²) in [5.41, 5.74) is 0.156. The van der Waals surface area contributed by atoms with E-state index < -0.39 is 0 Å². The predicted octanol–water partition coefficient (Wildman–Crippen LogP) is 3.62. The lowest BCUT2D eigenvalue weighted by atomic mass is 9.78. The van der Waals surface area contributed by atoms with Crippen LogP contribution >= 0.6 is 0 Å². The molecule has 2 heteroatoms. The molecule has 2 unspecified atom stereocenters. The summed E-state index contributed by atoms with van der Waals surface area (Å²) in [4.78, 5) is 0.